The van der Waals surface area contributed by atoms with E-state index in [-0.39, 0.29) is 44.0 Å². The molecule has 2 bridgehead atoms. The van der Waals surface area contributed by atoms with Crippen molar-refractivity contribution in [2.75, 3.05) is 13.2 Å². The first-order chi connectivity index (χ1) is 19.1. The Labute approximate surface area is 239 Å². The Balaban J connectivity index is 1.32. The van der Waals surface area contributed by atoms with E-state index in [1.54, 1.807) is 18.6 Å². The van der Waals surface area contributed by atoms with E-state index in [0.29, 0.717) is 17.5 Å². The third-order valence-electron chi connectivity index (χ3n) is 5.98. The molecule has 0 aromatic carbocycles. The van der Waals surface area contributed by atoms with Crippen molar-refractivity contribution in [3.05, 3.63) is 40.0 Å². The molecule has 214 valence electrons. The van der Waals surface area contributed by atoms with Gasteiger partial charge in [0.25, 0.3) is 5.56 Å². The Morgan fingerprint density at radius 3 is 2.85 bits per heavy atom. The molecule has 0 amide bonds. The fraction of sp³-hybridized carbons (Fsp3) is 0.474. The van der Waals surface area contributed by atoms with Gasteiger partial charge in [0.1, 0.15) is 18.5 Å². The van der Waals surface area contributed by atoms with Gasteiger partial charge in [-0.25, -0.2) is 19.6 Å². The summed E-state index contributed by atoms with van der Waals surface area (Å²) in [7, 11) is 0. The summed E-state index contributed by atoms with van der Waals surface area (Å²) in [4.78, 5) is 54.4. The van der Waals surface area contributed by atoms with Gasteiger partial charge in [-0.15, -0.1) is 16.4 Å². The molecular weight excluding hydrogens is 626 g/mol. The number of fused-ring (bicyclic) bond motifs is 4. The maximum absolute atomic E-state index is 12.4. The van der Waals surface area contributed by atoms with Crippen LogP contribution in [0.1, 0.15) is 24.3 Å². The number of aromatic amines is 1. The van der Waals surface area contributed by atoms with Crippen LogP contribution in [0.15, 0.2) is 22.8 Å². The Bertz CT molecular complexity index is 1690. The van der Waals surface area contributed by atoms with E-state index in [0.717, 1.165) is 4.88 Å². The summed E-state index contributed by atoms with van der Waals surface area (Å²) in [6, 6.07) is 0. The predicted molar refractivity (Wildman–Crippen MR) is 147 cm³/mol. The molecule has 3 N–H and O–H groups in total. The number of rotatable bonds is 2. The molecule has 1 fully saturated rings. The normalized spacial score (nSPS) is 30.1. The summed E-state index contributed by atoms with van der Waals surface area (Å²) in [5.74, 6) is 1.10. The number of aryl methyl sites for hydroxylation is 1. The number of hydrogen-bond donors (Lipinski definition) is 3. The molecule has 0 spiro atoms. The summed E-state index contributed by atoms with van der Waals surface area (Å²) < 4.78 is 31.8. The van der Waals surface area contributed by atoms with Crippen molar-refractivity contribution in [1.82, 2.24) is 39.3 Å². The van der Waals surface area contributed by atoms with Crippen molar-refractivity contribution in [3.8, 4) is 10.7 Å². The van der Waals surface area contributed by atoms with Crippen LogP contribution in [-0.2, 0) is 59.6 Å². The molecule has 0 radical (unpaired) electrons. The number of nitrogens with zero attached hydrogens (tertiary/aromatic N) is 7. The number of ether oxygens (including phenoxy) is 1. The summed E-state index contributed by atoms with van der Waals surface area (Å²) in [5, 5.41) is 4.47. The molecule has 21 heteroatoms. The van der Waals surface area contributed by atoms with Crippen LogP contribution in [0.3, 0.4) is 0 Å². The van der Waals surface area contributed by atoms with Crippen molar-refractivity contribution in [2.45, 2.75) is 44.9 Å². The molecule has 40 heavy (non-hydrogen) atoms. The average molecular weight is 649 g/mol. The molecule has 6 heterocycles. The zero-order valence-electron chi connectivity index (χ0n) is 20.6. The first-order valence-electron chi connectivity index (χ1n) is 11.8. The van der Waals surface area contributed by atoms with Crippen LogP contribution in [0.25, 0.3) is 21.9 Å². The first kappa shape index (κ1) is 28.3. The lowest BCUT2D eigenvalue weighted by Crippen LogP contribution is -2.23. The van der Waals surface area contributed by atoms with Gasteiger partial charge >= 0.3 is 13.4 Å². The minimum absolute atomic E-state index is 0.0343. The van der Waals surface area contributed by atoms with Crippen LogP contribution in [0.5, 0.6) is 0 Å². The number of imidazole rings is 1. The Morgan fingerprint density at radius 1 is 1.20 bits per heavy atom. The monoisotopic (exact) mass is 648 g/mol. The van der Waals surface area contributed by atoms with Crippen LogP contribution in [0.2, 0.25) is 0 Å². The van der Waals surface area contributed by atoms with Crippen molar-refractivity contribution in [1.29, 1.82) is 0 Å². The second-order valence-corrected chi connectivity index (χ2v) is 15.3. The maximum atomic E-state index is 12.4. The van der Waals surface area contributed by atoms with Crippen LogP contribution < -0.4 is 5.56 Å². The highest BCUT2D eigenvalue weighted by atomic mass is 32.5. The van der Waals surface area contributed by atoms with Gasteiger partial charge in [-0.1, -0.05) is 0 Å². The van der Waals surface area contributed by atoms with Crippen LogP contribution in [-0.4, -0.2) is 74.5 Å². The molecular formula is C19H22N8O8P2S3. The van der Waals surface area contributed by atoms with Gasteiger partial charge in [-0.05, 0) is 30.5 Å². The predicted octanol–water partition coefficient (Wildman–Crippen LogP) is 1.51. The van der Waals surface area contributed by atoms with Crippen LogP contribution >= 0.6 is 24.8 Å². The summed E-state index contributed by atoms with van der Waals surface area (Å²) in [6.45, 7) is -6.11. The molecule has 6 rings (SSSR count). The molecule has 2 aliphatic heterocycles. The van der Waals surface area contributed by atoms with Gasteiger partial charge in [0.15, 0.2) is 29.0 Å². The lowest BCUT2D eigenvalue weighted by atomic mass is 10.2. The largest absolute Gasteiger partial charge is 0.349 e. The van der Waals surface area contributed by atoms with Crippen molar-refractivity contribution < 1.29 is 32.6 Å². The van der Waals surface area contributed by atoms with Crippen molar-refractivity contribution >= 4 is 59.6 Å². The molecule has 2 aliphatic rings. The maximum Gasteiger partial charge on any atom is 0.325 e. The number of thiazole rings is 1. The zero-order valence-corrected chi connectivity index (χ0v) is 24.8. The smallest absolute Gasteiger partial charge is 0.325 e. The van der Waals surface area contributed by atoms with E-state index in [1.807, 2.05) is 0 Å². The van der Waals surface area contributed by atoms with Crippen LogP contribution in [0, 0.1) is 6.92 Å². The average Bonchev–Trinajstić information content (AvgIpc) is 3.67. The van der Waals surface area contributed by atoms with E-state index in [9.17, 15) is 14.6 Å². The summed E-state index contributed by atoms with van der Waals surface area (Å²) in [5.41, 5.74) is 1.59. The third kappa shape index (κ3) is 6.01. The van der Waals surface area contributed by atoms with E-state index < -0.39 is 37.4 Å². The number of hydrogen-bond acceptors (Lipinski definition) is 14. The quantitative estimate of drug-likeness (QED) is 0.265. The second-order valence-electron chi connectivity index (χ2n) is 8.78. The number of nitrogens with one attached hydrogen (secondary N) is 1. The molecule has 4 aromatic rings. The van der Waals surface area contributed by atoms with Gasteiger partial charge in [-0.3, -0.25) is 14.3 Å². The molecule has 1 saturated heterocycles. The zero-order chi connectivity index (χ0) is 28.1. The SMILES string of the molecule is Cc1nc2c(ncn2[C@@H]2O[C@@H]3COP(O)(=S)OCCn4nc(-c5cncs5)nc4COP(O)(=S)O[C@@H]2C3)c(=O)[nH]1. The van der Waals surface area contributed by atoms with Gasteiger partial charge in [0.2, 0.25) is 0 Å². The second kappa shape index (κ2) is 11.1. The van der Waals surface area contributed by atoms with Gasteiger partial charge in [0.05, 0.1) is 42.6 Å². The van der Waals surface area contributed by atoms with E-state index in [1.165, 1.54) is 26.9 Å². The van der Waals surface area contributed by atoms with E-state index >= 15 is 0 Å². The Kier molecular flexibility index (Phi) is 7.84. The number of H-pyrrole nitrogens is 1. The first-order valence-corrected chi connectivity index (χ1v) is 17.8. The van der Waals surface area contributed by atoms with Gasteiger partial charge in [-0.2, -0.15) is 0 Å². The third-order valence-corrected chi connectivity index (χ3v) is 9.93. The minimum atomic E-state index is -3.87. The standard InChI is InChI=1S/C19H22N8O8P2S3/c1-10-22-17-15(18(28)23-10)21-8-26(17)19-12-4-11(34-19)6-32-36(29,38)31-3-2-27-14(7-33-37(30,39)35-12)24-16(25-27)13-5-20-9-40-13/h5,8-9,11-12,19H,2-4,6-7H2,1H3,(H,29,38)(H,30,39)(H,22,23,28)/t11-,12+,19+,36?,37?/m0/s1. The molecule has 16 nitrogen and oxygen atoms in total. The summed E-state index contributed by atoms with van der Waals surface area (Å²) in [6.07, 6.45) is 0.760. The number of aromatic nitrogens is 8. The molecule has 4 aromatic heterocycles. The molecule has 2 unspecified atom stereocenters. The molecule has 0 saturated carbocycles. The van der Waals surface area contributed by atoms with Gasteiger partial charge in [0, 0.05) is 12.6 Å². The lowest BCUT2D eigenvalue weighted by molar-refractivity contribution is -0.0454. The molecule has 0 aliphatic carbocycles. The highest BCUT2D eigenvalue weighted by Crippen LogP contribution is 2.51. The Hall–Kier alpha value is -1.86. The highest BCUT2D eigenvalue weighted by molar-refractivity contribution is 8.07. The fourth-order valence-corrected chi connectivity index (χ4v) is 7.33. The fourth-order valence-electron chi connectivity index (χ4n) is 4.27. The van der Waals surface area contributed by atoms with Crippen molar-refractivity contribution in [3.63, 3.8) is 0 Å². The minimum Gasteiger partial charge on any atom is -0.349 e. The highest BCUT2D eigenvalue weighted by Gasteiger charge is 2.42. The summed E-state index contributed by atoms with van der Waals surface area (Å²) >= 11 is 11.9. The topological polar surface area (TPSA) is 194 Å². The Morgan fingerprint density at radius 2 is 2.05 bits per heavy atom. The van der Waals surface area contributed by atoms with Gasteiger partial charge < -0.3 is 37.6 Å². The van der Waals surface area contributed by atoms with Crippen LogP contribution in [0.4, 0.5) is 0 Å². The van der Waals surface area contributed by atoms with Crippen molar-refractivity contribution in [2.24, 2.45) is 0 Å². The van der Waals surface area contributed by atoms with E-state index in [2.05, 4.69) is 30.0 Å². The lowest BCUT2D eigenvalue weighted by Gasteiger charge is -2.24. The molecule has 5 atom stereocenters. The van der Waals surface area contributed by atoms with E-state index in [4.69, 9.17) is 46.4 Å².